The Morgan fingerprint density at radius 2 is 1.69 bits per heavy atom. The summed E-state index contributed by atoms with van der Waals surface area (Å²) in [6, 6.07) is 13.1. The number of anilines is 1. The second-order valence-corrected chi connectivity index (χ2v) is 6.05. The van der Waals surface area contributed by atoms with Crippen LogP contribution < -0.4 is 19.5 Å². The van der Waals surface area contributed by atoms with E-state index in [4.69, 9.17) is 14.2 Å². The van der Waals surface area contributed by atoms with Crippen molar-refractivity contribution in [1.29, 1.82) is 0 Å². The van der Waals surface area contributed by atoms with Crippen LogP contribution in [-0.4, -0.2) is 25.7 Å². The molecular formula is C21H27NO4. The van der Waals surface area contributed by atoms with Crippen LogP contribution in [0.4, 0.5) is 5.69 Å². The van der Waals surface area contributed by atoms with Crippen LogP contribution in [0, 0.1) is 0 Å². The Morgan fingerprint density at radius 3 is 2.38 bits per heavy atom. The Labute approximate surface area is 155 Å². The van der Waals surface area contributed by atoms with Gasteiger partial charge < -0.3 is 19.5 Å². The van der Waals surface area contributed by atoms with E-state index in [1.54, 1.807) is 12.1 Å². The molecule has 0 heterocycles. The van der Waals surface area contributed by atoms with E-state index in [0.29, 0.717) is 36.3 Å². The van der Waals surface area contributed by atoms with E-state index in [0.717, 1.165) is 11.3 Å². The number of ether oxygens (including phenoxy) is 3. The number of benzene rings is 2. The van der Waals surface area contributed by atoms with Gasteiger partial charge in [0.25, 0.3) is 5.91 Å². The molecule has 0 saturated carbocycles. The predicted octanol–water partition coefficient (Wildman–Crippen LogP) is 4.62. The van der Waals surface area contributed by atoms with Crippen molar-refractivity contribution in [2.45, 2.75) is 33.6 Å². The van der Waals surface area contributed by atoms with Gasteiger partial charge in [0.1, 0.15) is 17.2 Å². The molecule has 1 N–H and O–H groups in total. The van der Waals surface area contributed by atoms with Crippen molar-refractivity contribution in [2.75, 3.05) is 25.1 Å². The average Bonchev–Trinajstić information content (AvgIpc) is 2.62. The summed E-state index contributed by atoms with van der Waals surface area (Å²) in [6.07, 6.45) is 0. The van der Waals surface area contributed by atoms with Crippen molar-refractivity contribution in [3.63, 3.8) is 0 Å². The Bertz CT molecular complexity index is 728. The molecule has 1 amide bonds. The maximum absolute atomic E-state index is 12.4. The number of carbonyl (C=O) groups excluding carboxylic acids is 1. The minimum atomic E-state index is -0.252. The Morgan fingerprint density at radius 1 is 0.962 bits per heavy atom. The lowest BCUT2D eigenvalue weighted by molar-refractivity contribution is -0.118. The highest BCUT2D eigenvalue weighted by Crippen LogP contribution is 2.30. The third kappa shape index (κ3) is 5.41. The molecule has 2 aromatic rings. The zero-order chi connectivity index (χ0) is 18.9. The lowest BCUT2D eigenvalue weighted by atomic mass is 10.0. The molecule has 5 nitrogen and oxygen atoms in total. The molecule has 0 spiro atoms. The van der Waals surface area contributed by atoms with E-state index in [1.807, 2.05) is 44.2 Å². The smallest absolute Gasteiger partial charge is 0.262 e. The summed E-state index contributed by atoms with van der Waals surface area (Å²) in [5, 5.41) is 2.84. The quantitative estimate of drug-likeness (QED) is 0.711. The van der Waals surface area contributed by atoms with Gasteiger partial charge >= 0.3 is 0 Å². The van der Waals surface area contributed by atoms with Gasteiger partial charge in [-0.3, -0.25) is 4.79 Å². The molecule has 26 heavy (non-hydrogen) atoms. The molecule has 0 fully saturated rings. The van der Waals surface area contributed by atoms with Crippen LogP contribution in [0.5, 0.6) is 17.2 Å². The van der Waals surface area contributed by atoms with Crippen molar-refractivity contribution in [2.24, 2.45) is 0 Å². The second-order valence-electron chi connectivity index (χ2n) is 6.05. The average molecular weight is 357 g/mol. The van der Waals surface area contributed by atoms with Gasteiger partial charge in [-0.05, 0) is 43.5 Å². The highest BCUT2D eigenvalue weighted by molar-refractivity contribution is 5.93. The highest BCUT2D eigenvalue weighted by atomic mass is 16.5. The van der Waals surface area contributed by atoms with Crippen molar-refractivity contribution in [1.82, 2.24) is 0 Å². The molecule has 2 aromatic carbocycles. The first-order valence-corrected chi connectivity index (χ1v) is 8.96. The molecule has 0 aromatic heterocycles. The second kappa shape index (κ2) is 9.70. The van der Waals surface area contributed by atoms with Crippen LogP contribution in [0.25, 0.3) is 0 Å². The van der Waals surface area contributed by atoms with Gasteiger partial charge in [0, 0.05) is 6.07 Å². The molecule has 0 radical (unpaired) electrons. The third-order valence-corrected chi connectivity index (χ3v) is 3.74. The first-order valence-electron chi connectivity index (χ1n) is 8.96. The normalized spacial score (nSPS) is 10.5. The van der Waals surface area contributed by atoms with Crippen LogP contribution in [-0.2, 0) is 4.79 Å². The van der Waals surface area contributed by atoms with Gasteiger partial charge in [0.2, 0.25) is 0 Å². The van der Waals surface area contributed by atoms with Crippen LogP contribution >= 0.6 is 0 Å². The highest BCUT2D eigenvalue weighted by Gasteiger charge is 2.12. The van der Waals surface area contributed by atoms with Gasteiger partial charge in [-0.2, -0.15) is 0 Å². The largest absolute Gasteiger partial charge is 0.494 e. The summed E-state index contributed by atoms with van der Waals surface area (Å²) >= 11 is 0. The number of para-hydroxylation sites is 1. The maximum Gasteiger partial charge on any atom is 0.262 e. The van der Waals surface area contributed by atoms with E-state index < -0.39 is 0 Å². The fourth-order valence-electron chi connectivity index (χ4n) is 2.56. The van der Waals surface area contributed by atoms with E-state index in [-0.39, 0.29) is 12.5 Å². The molecule has 0 saturated heterocycles. The number of carbonyl (C=O) groups is 1. The molecule has 0 unspecified atom stereocenters. The van der Waals surface area contributed by atoms with Crippen LogP contribution in [0.1, 0.15) is 39.2 Å². The lowest BCUT2D eigenvalue weighted by Gasteiger charge is -2.15. The Balaban J connectivity index is 2.06. The van der Waals surface area contributed by atoms with Crippen molar-refractivity contribution < 1.29 is 19.0 Å². The first kappa shape index (κ1) is 19.6. The standard InChI is InChI=1S/C21H27NO4/c1-5-24-16-11-12-20(25-6-2)18(13-16)22-21(23)14-26-19-10-8-7-9-17(19)15(3)4/h7-13,15H,5-6,14H2,1-4H3,(H,22,23). The molecule has 0 aliphatic carbocycles. The number of nitrogens with one attached hydrogen (secondary N) is 1. The van der Waals surface area contributed by atoms with E-state index in [9.17, 15) is 4.79 Å². The Hall–Kier alpha value is -2.69. The molecule has 140 valence electrons. The lowest BCUT2D eigenvalue weighted by Crippen LogP contribution is -2.21. The monoisotopic (exact) mass is 357 g/mol. The minimum Gasteiger partial charge on any atom is -0.494 e. The summed E-state index contributed by atoms with van der Waals surface area (Å²) in [5.41, 5.74) is 1.65. The zero-order valence-electron chi connectivity index (χ0n) is 15.9. The van der Waals surface area contributed by atoms with Gasteiger partial charge in [0.15, 0.2) is 6.61 Å². The molecule has 2 rings (SSSR count). The summed E-state index contributed by atoms with van der Waals surface area (Å²) in [6.45, 7) is 8.98. The van der Waals surface area contributed by atoms with Crippen LogP contribution in [0.15, 0.2) is 42.5 Å². The molecule has 0 aliphatic rings. The minimum absolute atomic E-state index is 0.0752. The molecular weight excluding hydrogens is 330 g/mol. The number of rotatable bonds is 9. The van der Waals surface area contributed by atoms with Crippen molar-refractivity contribution in [3.8, 4) is 17.2 Å². The van der Waals surface area contributed by atoms with Gasteiger partial charge in [-0.15, -0.1) is 0 Å². The summed E-state index contributed by atoms with van der Waals surface area (Å²) < 4.78 is 16.8. The third-order valence-electron chi connectivity index (χ3n) is 3.74. The van der Waals surface area contributed by atoms with E-state index in [1.165, 1.54) is 0 Å². The summed E-state index contributed by atoms with van der Waals surface area (Å²) in [5.74, 6) is 2.08. The molecule has 5 heteroatoms. The first-order chi connectivity index (χ1) is 12.5. The van der Waals surface area contributed by atoms with Crippen molar-refractivity contribution in [3.05, 3.63) is 48.0 Å². The molecule has 0 atom stereocenters. The zero-order valence-corrected chi connectivity index (χ0v) is 15.9. The number of hydrogen-bond acceptors (Lipinski definition) is 4. The van der Waals surface area contributed by atoms with E-state index >= 15 is 0 Å². The van der Waals surface area contributed by atoms with Crippen LogP contribution in [0.2, 0.25) is 0 Å². The topological polar surface area (TPSA) is 56.8 Å². The summed E-state index contributed by atoms with van der Waals surface area (Å²) in [7, 11) is 0. The SMILES string of the molecule is CCOc1ccc(OCC)c(NC(=O)COc2ccccc2C(C)C)c1. The van der Waals surface area contributed by atoms with E-state index in [2.05, 4.69) is 19.2 Å². The van der Waals surface area contributed by atoms with Gasteiger partial charge in [-0.1, -0.05) is 32.0 Å². The Kier molecular flexibility index (Phi) is 7.33. The fraction of sp³-hybridized carbons (Fsp3) is 0.381. The maximum atomic E-state index is 12.4. The number of amides is 1. The van der Waals surface area contributed by atoms with Crippen LogP contribution in [0.3, 0.4) is 0 Å². The molecule has 0 aliphatic heterocycles. The molecule has 0 bridgehead atoms. The van der Waals surface area contributed by atoms with Gasteiger partial charge in [0.05, 0.1) is 18.9 Å². The summed E-state index contributed by atoms with van der Waals surface area (Å²) in [4.78, 5) is 12.4. The van der Waals surface area contributed by atoms with Crippen molar-refractivity contribution >= 4 is 11.6 Å². The fourth-order valence-corrected chi connectivity index (χ4v) is 2.56. The number of hydrogen-bond donors (Lipinski definition) is 1. The van der Waals surface area contributed by atoms with Gasteiger partial charge in [-0.25, -0.2) is 0 Å². The predicted molar refractivity (Wildman–Crippen MR) is 103 cm³/mol.